The van der Waals surface area contributed by atoms with Gasteiger partial charge in [-0.3, -0.25) is 9.59 Å². The van der Waals surface area contributed by atoms with E-state index in [1.807, 2.05) is 25.1 Å². The summed E-state index contributed by atoms with van der Waals surface area (Å²) in [6, 6.07) is 19.5. The van der Waals surface area contributed by atoms with Gasteiger partial charge in [-0.25, -0.2) is 4.90 Å². The first kappa shape index (κ1) is 19.2. The first-order valence-electron chi connectivity index (χ1n) is 9.64. The zero-order chi connectivity index (χ0) is 21.5. The van der Waals surface area contributed by atoms with Gasteiger partial charge in [-0.2, -0.15) is 0 Å². The van der Waals surface area contributed by atoms with E-state index in [1.165, 1.54) is 4.90 Å². The van der Waals surface area contributed by atoms with E-state index in [1.54, 1.807) is 48.5 Å². The Kier molecular flexibility index (Phi) is 4.64. The molecule has 3 aromatic carbocycles. The Morgan fingerprint density at radius 3 is 2.48 bits per heavy atom. The number of nitrogens with one attached hydrogen (secondary N) is 1. The van der Waals surface area contributed by atoms with Crippen LogP contribution < -0.4 is 19.7 Å². The van der Waals surface area contributed by atoms with Crippen molar-refractivity contribution in [3.8, 4) is 11.5 Å². The molecule has 2 aliphatic heterocycles. The Bertz CT molecular complexity index is 1250. The van der Waals surface area contributed by atoms with Gasteiger partial charge in [0.25, 0.3) is 11.8 Å². The van der Waals surface area contributed by atoms with Crippen LogP contribution in [0.5, 0.6) is 11.5 Å². The molecule has 0 atom stereocenters. The number of rotatable bonds is 4. The van der Waals surface area contributed by atoms with E-state index in [0.29, 0.717) is 39.0 Å². The van der Waals surface area contributed by atoms with Gasteiger partial charge in [-0.05, 0) is 42.3 Å². The number of hydrogen-bond donors (Lipinski definition) is 1. The maximum atomic E-state index is 13.5. The summed E-state index contributed by atoms with van der Waals surface area (Å²) in [5.74, 6) is 0.343. The molecule has 6 nitrogen and oxygen atoms in total. The van der Waals surface area contributed by atoms with Gasteiger partial charge in [0.15, 0.2) is 11.5 Å². The van der Waals surface area contributed by atoms with Crippen LogP contribution in [0.25, 0.3) is 5.57 Å². The highest BCUT2D eigenvalue weighted by atomic mass is 35.5. The van der Waals surface area contributed by atoms with Crippen molar-refractivity contribution in [3.05, 3.63) is 88.6 Å². The van der Waals surface area contributed by atoms with E-state index in [9.17, 15) is 9.59 Å². The number of aryl methyl sites for hydroxylation is 1. The molecule has 0 aromatic heterocycles. The topological polar surface area (TPSA) is 67.9 Å². The maximum Gasteiger partial charge on any atom is 0.282 e. The highest BCUT2D eigenvalue weighted by molar-refractivity contribution is 6.46. The fourth-order valence-corrected chi connectivity index (χ4v) is 3.85. The van der Waals surface area contributed by atoms with E-state index >= 15 is 0 Å². The highest BCUT2D eigenvalue weighted by Gasteiger charge is 2.41. The number of ether oxygens (including phenoxy) is 2. The molecule has 0 saturated heterocycles. The zero-order valence-electron chi connectivity index (χ0n) is 16.5. The van der Waals surface area contributed by atoms with Crippen LogP contribution >= 0.6 is 11.6 Å². The summed E-state index contributed by atoms with van der Waals surface area (Å²) in [6.07, 6.45) is 0. The molecule has 5 rings (SSSR count). The minimum absolute atomic E-state index is 0.149. The Morgan fingerprint density at radius 1 is 0.903 bits per heavy atom. The van der Waals surface area contributed by atoms with Gasteiger partial charge in [0.1, 0.15) is 5.70 Å². The average Bonchev–Trinajstić information content (AvgIpc) is 3.33. The molecule has 3 aromatic rings. The number of carbonyl (C=O) groups excluding carboxylic acids is 2. The van der Waals surface area contributed by atoms with E-state index in [4.69, 9.17) is 21.1 Å². The third kappa shape index (κ3) is 3.31. The van der Waals surface area contributed by atoms with Crippen molar-refractivity contribution in [1.29, 1.82) is 0 Å². The van der Waals surface area contributed by atoms with Gasteiger partial charge in [-0.15, -0.1) is 0 Å². The number of amides is 2. The molecule has 0 aliphatic carbocycles. The number of anilines is 2. The third-order valence-electron chi connectivity index (χ3n) is 5.20. The van der Waals surface area contributed by atoms with E-state index in [2.05, 4.69) is 5.32 Å². The van der Waals surface area contributed by atoms with Crippen LogP contribution in [0.4, 0.5) is 11.4 Å². The minimum Gasteiger partial charge on any atom is -0.454 e. The van der Waals surface area contributed by atoms with Crippen molar-refractivity contribution < 1.29 is 19.1 Å². The molecule has 2 heterocycles. The molecule has 2 aliphatic rings. The van der Waals surface area contributed by atoms with E-state index in [0.717, 1.165) is 5.56 Å². The highest BCUT2D eigenvalue weighted by Crippen LogP contribution is 2.38. The second-order valence-corrected chi connectivity index (χ2v) is 7.62. The summed E-state index contributed by atoms with van der Waals surface area (Å²) in [5.41, 5.74) is 2.96. The number of fused-ring (bicyclic) bond motifs is 1. The van der Waals surface area contributed by atoms with Gasteiger partial charge in [-0.1, -0.05) is 48.0 Å². The minimum atomic E-state index is -0.452. The van der Waals surface area contributed by atoms with Crippen LogP contribution in [0, 0.1) is 6.92 Å². The SMILES string of the molecule is Cc1ccc(Cl)cc1N1C(=O)C(Nc2ccc3c(c2)OCO3)=C(c2ccccc2)C1=O. The molecule has 0 bridgehead atoms. The van der Waals surface area contributed by atoms with Crippen LogP contribution in [0.1, 0.15) is 11.1 Å². The lowest BCUT2D eigenvalue weighted by Crippen LogP contribution is -2.33. The molecule has 2 amide bonds. The number of benzene rings is 3. The third-order valence-corrected chi connectivity index (χ3v) is 5.44. The van der Waals surface area contributed by atoms with Gasteiger partial charge >= 0.3 is 0 Å². The number of imide groups is 1. The molecule has 7 heteroatoms. The lowest BCUT2D eigenvalue weighted by Gasteiger charge is -2.18. The van der Waals surface area contributed by atoms with Gasteiger partial charge in [0.05, 0.1) is 11.3 Å². The largest absolute Gasteiger partial charge is 0.454 e. The van der Waals surface area contributed by atoms with Gasteiger partial charge in [0.2, 0.25) is 6.79 Å². The molecule has 0 spiro atoms. The summed E-state index contributed by atoms with van der Waals surface area (Å²) in [6.45, 7) is 1.98. The molecule has 31 heavy (non-hydrogen) atoms. The molecular weight excluding hydrogens is 416 g/mol. The lowest BCUT2D eigenvalue weighted by atomic mass is 10.0. The Labute approximate surface area is 183 Å². The predicted octanol–water partition coefficient (Wildman–Crippen LogP) is 4.77. The summed E-state index contributed by atoms with van der Waals surface area (Å²) in [7, 11) is 0. The first-order valence-corrected chi connectivity index (χ1v) is 10.0. The number of halogens is 1. The smallest absolute Gasteiger partial charge is 0.282 e. The van der Waals surface area contributed by atoms with Crippen LogP contribution in [-0.2, 0) is 9.59 Å². The van der Waals surface area contributed by atoms with Gasteiger partial charge in [0, 0.05) is 16.8 Å². The first-order chi connectivity index (χ1) is 15.0. The quantitative estimate of drug-likeness (QED) is 0.601. The summed E-state index contributed by atoms with van der Waals surface area (Å²) in [4.78, 5) is 28.1. The fourth-order valence-electron chi connectivity index (χ4n) is 3.68. The van der Waals surface area contributed by atoms with Crippen molar-refractivity contribution in [2.75, 3.05) is 17.0 Å². The molecule has 1 N–H and O–H groups in total. The molecule has 0 radical (unpaired) electrons. The van der Waals surface area contributed by atoms with E-state index < -0.39 is 11.8 Å². The Balaban J connectivity index is 1.61. The fraction of sp³-hybridized carbons (Fsp3) is 0.0833. The summed E-state index contributed by atoms with van der Waals surface area (Å²) < 4.78 is 10.8. The molecular formula is C24H17ClN2O4. The normalized spacial score (nSPS) is 15.1. The Morgan fingerprint density at radius 2 is 1.68 bits per heavy atom. The van der Waals surface area contributed by atoms with Crippen molar-refractivity contribution in [2.45, 2.75) is 6.92 Å². The van der Waals surface area contributed by atoms with Crippen molar-refractivity contribution >= 4 is 40.4 Å². The predicted molar refractivity (Wildman–Crippen MR) is 118 cm³/mol. The average molecular weight is 433 g/mol. The molecule has 0 saturated carbocycles. The second kappa shape index (κ2) is 7.49. The summed E-state index contributed by atoms with van der Waals surface area (Å²) in [5, 5.41) is 3.58. The van der Waals surface area contributed by atoms with Crippen LogP contribution in [0.15, 0.2) is 72.4 Å². The molecule has 0 fully saturated rings. The van der Waals surface area contributed by atoms with Crippen LogP contribution in [-0.4, -0.2) is 18.6 Å². The number of nitrogens with zero attached hydrogens (tertiary/aromatic N) is 1. The standard InChI is InChI=1S/C24H17ClN2O4/c1-14-7-8-16(25)11-18(14)27-23(28)21(15-5-3-2-4-6-15)22(24(27)29)26-17-9-10-19-20(12-17)31-13-30-19/h2-12,26H,13H2,1H3. The van der Waals surface area contributed by atoms with Crippen molar-refractivity contribution in [1.82, 2.24) is 0 Å². The van der Waals surface area contributed by atoms with Crippen molar-refractivity contribution in [2.24, 2.45) is 0 Å². The van der Waals surface area contributed by atoms with Crippen LogP contribution in [0.2, 0.25) is 5.02 Å². The molecule has 0 unspecified atom stereocenters. The Hall–Kier alpha value is -3.77. The summed E-state index contributed by atoms with van der Waals surface area (Å²) >= 11 is 6.16. The number of hydrogen-bond acceptors (Lipinski definition) is 5. The van der Waals surface area contributed by atoms with Crippen molar-refractivity contribution in [3.63, 3.8) is 0 Å². The van der Waals surface area contributed by atoms with E-state index in [-0.39, 0.29) is 12.5 Å². The van der Waals surface area contributed by atoms with Crippen LogP contribution in [0.3, 0.4) is 0 Å². The lowest BCUT2D eigenvalue weighted by molar-refractivity contribution is -0.120. The second-order valence-electron chi connectivity index (χ2n) is 7.19. The molecule has 154 valence electrons. The zero-order valence-corrected chi connectivity index (χ0v) is 17.3. The number of carbonyl (C=O) groups is 2. The monoisotopic (exact) mass is 432 g/mol. The maximum absolute atomic E-state index is 13.5. The van der Waals surface area contributed by atoms with Gasteiger partial charge < -0.3 is 14.8 Å².